The molecule has 2 aliphatic heterocycles. The van der Waals surface area contributed by atoms with Crippen molar-refractivity contribution in [2.24, 2.45) is 0 Å². The van der Waals surface area contributed by atoms with E-state index in [1.165, 1.54) is 0 Å². The minimum absolute atomic E-state index is 0.544. The van der Waals surface area contributed by atoms with Crippen LogP contribution in [0.2, 0.25) is 10.0 Å². The van der Waals surface area contributed by atoms with Crippen molar-refractivity contribution in [3.8, 4) is 23.0 Å². The minimum atomic E-state index is 0.544. The number of hydrogen-bond acceptors (Lipinski definition) is 4. The van der Waals surface area contributed by atoms with Crippen LogP contribution in [0.25, 0.3) is 81.8 Å². The highest BCUT2D eigenvalue weighted by molar-refractivity contribution is 6.39. The molecule has 3 aromatic heterocycles. The highest BCUT2D eigenvalue weighted by atomic mass is 35.5. The summed E-state index contributed by atoms with van der Waals surface area (Å²) in [6, 6.07) is 83.5. The molecule has 390 valence electrons. The molecule has 8 aromatic carbocycles. The smallest absolute Gasteiger partial charge is 0.0815 e. The molecule has 82 heavy (non-hydrogen) atoms. The average molecular weight is 1090 g/mol. The van der Waals surface area contributed by atoms with E-state index in [0.29, 0.717) is 10.0 Å². The largest absolute Gasteiger partial charge is 0.355 e. The van der Waals surface area contributed by atoms with Crippen molar-refractivity contribution in [2.45, 2.75) is 0 Å². The molecule has 11 aromatic rings. The van der Waals surface area contributed by atoms with Gasteiger partial charge in [-0.15, -0.1) is 0 Å². The van der Waals surface area contributed by atoms with E-state index in [9.17, 15) is 0 Å². The lowest BCUT2D eigenvalue weighted by atomic mass is 10.0. The van der Waals surface area contributed by atoms with E-state index in [-0.39, 0.29) is 0 Å². The van der Waals surface area contributed by atoms with E-state index >= 15 is 0 Å². The first kappa shape index (κ1) is 51.0. The standard InChI is InChI=1S/C74H50Cl2N6/c75-67-17-10-18-68(76)73(67)74-71-47-36-58(79-71)49-56-34-45-69(77-56)66(70-46-35-57(78-70)50-59-37-48-72(74)80-59)44-33-52-22-19-51(20-23-52)21-24-53-29-40-64(41-30-53)82(62-15-8-3-9-16-62)65-42-31-55(32-43-65)26-25-54-27-38-63(39-28-54)81(60-11-4-1-5-12-60)61-13-6-2-7-14-61/h1-32,34-43,45-50,77,80H/b24-21+,26-25+,56-49?,57-50?,58-49?,59-50?,69-66?,70-66?,74-71?,74-72?. The molecular weight excluding hydrogens is 1040 g/mol. The highest BCUT2D eigenvalue weighted by Crippen LogP contribution is 2.40. The molecular formula is C74H50Cl2N6. The van der Waals surface area contributed by atoms with Crippen molar-refractivity contribution in [3.63, 3.8) is 0 Å². The molecule has 0 spiro atoms. The summed E-state index contributed by atoms with van der Waals surface area (Å²) < 4.78 is 0. The maximum absolute atomic E-state index is 6.79. The Balaban J connectivity index is 0.716. The quantitative estimate of drug-likeness (QED) is 0.100. The Morgan fingerprint density at radius 2 is 0.732 bits per heavy atom. The number of benzene rings is 8. The second-order valence-electron chi connectivity index (χ2n) is 19.8. The fourth-order valence-corrected chi connectivity index (χ4v) is 10.8. The van der Waals surface area contributed by atoms with Gasteiger partial charge in [-0.2, -0.15) is 0 Å². The number of anilines is 6. The first-order chi connectivity index (χ1) is 40.4. The number of hydrogen-bond donors (Lipinski definition) is 2. The summed E-state index contributed by atoms with van der Waals surface area (Å²) in [6.07, 6.45) is 16.6. The number of nitrogens with one attached hydrogen (secondary N) is 2. The molecule has 0 radical (unpaired) electrons. The SMILES string of the molecule is Clc1cccc(Cl)c1-c1c2nc(cc3ccc([nH]3)c(C#Cc3ccc(/C=C/c4ccc(N(c5ccccc5)c5ccc(/C=C/c6ccc(N(c7ccccc7)c7ccccc7)cc6)cc5)cc4)cc3)c3nc(cc4ccc1[nH]4)C=C3)C=C2. The number of para-hydroxylation sites is 3. The highest BCUT2D eigenvalue weighted by Gasteiger charge is 2.18. The van der Waals surface area contributed by atoms with Crippen LogP contribution in [0, 0.1) is 11.8 Å². The minimum Gasteiger partial charge on any atom is -0.355 e. The second-order valence-corrected chi connectivity index (χ2v) is 20.6. The second kappa shape index (κ2) is 23.1. The number of rotatable bonds is 11. The van der Waals surface area contributed by atoms with Crippen LogP contribution in [0.4, 0.5) is 34.1 Å². The van der Waals surface area contributed by atoms with Gasteiger partial charge in [0.2, 0.25) is 0 Å². The third-order valence-corrected chi connectivity index (χ3v) is 14.9. The van der Waals surface area contributed by atoms with Gasteiger partial charge in [0.25, 0.3) is 0 Å². The van der Waals surface area contributed by atoms with Crippen molar-refractivity contribution >= 4 is 128 Å². The third-order valence-electron chi connectivity index (χ3n) is 14.3. The Morgan fingerprint density at radius 1 is 0.341 bits per heavy atom. The van der Waals surface area contributed by atoms with Gasteiger partial charge in [-0.3, -0.25) is 0 Å². The first-order valence-electron chi connectivity index (χ1n) is 27.0. The summed E-state index contributed by atoms with van der Waals surface area (Å²) in [5, 5.41) is 1.09. The maximum Gasteiger partial charge on any atom is 0.0815 e. The van der Waals surface area contributed by atoms with Gasteiger partial charge in [0, 0.05) is 67.4 Å². The fraction of sp³-hybridized carbons (Fsp3) is 0. The summed E-state index contributed by atoms with van der Waals surface area (Å²) in [5.74, 6) is 6.90. The molecule has 0 fully saturated rings. The molecule has 8 bridgehead atoms. The number of aromatic nitrogens is 4. The zero-order valence-electron chi connectivity index (χ0n) is 44.3. The molecule has 13 rings (SSSR count). The summed E-state index contributed by atoms with van der Waals surface area (Å²) in [6.45, 7) is 0. The topological polar surface area (TPSA) is 63.8 Å². The van der Waals surface area contributed by atoms with Crippen LogP contribution in [0.15, 0.2) is 243 Å². The lowest BCUT2D eigenvalue weighted by molar-refractivity contribution is 1.28. The van der Waals surface area contributed by atoms with E-state index in [1.54, 1.807) is 0 Å². The van der Waals surface area contributed by atoms with Crippen LogP contribution < -0.4 is 9.80 Å². The summed E-state index contributed by atoms with van der Waals surface area (Å²) in [7, 11) is 0. The summed E-state index contributed by atoms with van der Waals surface area (Å²) >= 11 is 13.6. The summed E-state index contributed by atoms with van der Waals surface area (Å²) in [5.41, 5.74) is 20.7. The predicted molar refractivity (Wildman–Crippen MR) is 347 cm³/mol. The number of fused-ring (bicyclic) bond motifs is 8. The zero-order chi connectivity index (χ0) is 55.2. The van der Waals surface area contributed by atoms with Gasteiger partial charge in [0.1, 0.15) is 0 Å². The Kier molecular flexibility index (Phi) is 14.4. The van der Waals surface area contributed by atoms with Crippen molar-refractivity contribution in [1.29, 1.82) is 0 Å². The third kappa shape index (κ3) is 11.2. The van der Waals surface area contributed by atoms with E-state index in [2.05, 4.69) is 232 Å². The van der Waals surface area contributed by atoms with Crippen molar-refractivity contribution < 1.29 is 0 Å². The number of H-pyrrole nitrogens is 2. The molecule has 0 saturated heterocycles. The van der Waals surface area contributed by atoms with Crippen LogP contribution in [-0.4, -0.2) is 19.9 Å². The molecule has 0 unspecified atom stereocenters. The predicted octanol–water partition coefficient (Wildman–Crippen LogP) is 20.3. The van der Waals surface area contributed by atoms with Gasteiger partial charge in [-0.1, -0.05) is 169 Å². The maximum atomic E-state index is 6.79. The van der Waals surface area contributed by atoms with Crippen LogP contribution in [0.1, 0.15) is 56.2 Å². The first-order valence-corrected chi connectivity index (χ1v) is 27.8. The van der Waals surface area contributed by atoms with Crippen molar-refractivity contribution in [2.75, 3.05) is 9.80 Å². The zero-order valence-corrected chi connectivity index (χ0v) is 45.8. The van der Waals surface area contributed by atoms with Gasteiger partial charge in [-0.25, -0.2) is 9.97 Å². The van der Waals surface area contributed by atoms with Crippen LogP contribution in [0.3, 0.4) is 0 Å². The Hall–Kier alpha value is -10.4. The van der Waals surface area contributed by atoms with Gasteiger partial charge in [-0.05, 0) is 180 Å². The molecule has 0 amide bonds. The van der Waals surface area contributed by atoms with E-state index in [1.807, 2.05) is 91.0 Å². The molecule has 2 aliphatic rings. The Bertz CT molecular complexity index is 4430. The van der Waals surface area contributed by atoms with Crippen molar-refractivity contribution in [1.82, 2.24) is 19.9 Å². The number of halogens is 2. The molecule has 5 heterocycles. The molecule has 0 aliphatic carbocycles. The Labute approximate surface area is 486 Å². The number of nitrogens with zero attached hydrogens (tertiary/aromatic N) is 4. The normalized spacial score (nSPS) is 11.7. The monoisotopic (exact) mass is 1090 g/mol. The summed E-state index contributed by atoms with van der Waals surface area (Å²) in [4.78, 5) is 21.8. The van der Waals surface area contributed by atoms with Crippen molar-refractivity contribution in [3.05, 3.63) is 309 Å². The van der Waals surface area contributed by atoms with Gasteiger partial charge in [0.05, 0.1) is 43.9 Å². The van der Waals surface area contributed by atoms with E-state index in [0.717, 1.165) is 123 Å². The lowest BCUT2D eigenvalue weighted by Crippen LogP contribution is -2.09. The lowest BCUT2D eigenvalue weighted by Gasteiger charge is -2.25. The van der Waals surface area contributed by atoms with Gasteiger partial charge in [0.15, 0.2) is 0 Å². The van der Waals surface area contributed by atoms with E-state index in [4.69, 9.17) is 33.2 Å². The van der Waals surface area contributed by atoms with Crippen LogP contribution in [-0.2, 0) is 0 Å². The fourth-order valence-electron chi connectivity index (χ4n) is 10.2. The molecule has 0 atom stereocenters. The average Bonchev–Trinajstić information content (AvgIpc) is 4.52. The van der Waals surface area contributed by atoms with Gasteiger partial charge >= 0.3 is 0 Å². The van der Waals surface area contributed by atoms with E-state index < -0.39 is 0 Å². The van der Waals surface area contributed by atoms with Crippen LogP contribution in [0.5, 0.6) is 0 Å². The molecule has 2 N–H and O–H groups in total. The van der Waals surface area contributed by atoms with Crippen LogP contribution >= 0.6 is 23.2 Å². The number of aromatic amines is 2. The Morgan fingerprint density at radius 3 is 1.20 bits per heavy atom. The molecule has 8 heteroatoms. The molecule has 6 nitrogen and oxygen atoms in total. The molecule has 0 saturated carbocycles. The van der Waals surface area contributed by atoms with Gasteiger partial charge < -0.3 is 19.8 Å².